The van der Waals surface area contributed by atoms with E-state index in [1.54, 1.807) is 0 Å². The summed E-state index contributed by atoms with van der Waals surface area (Å²) in [6.45, 7) is 23.8. The van der Waals surface area contributed by atoms with Crippen molar-refractivity contribution < 1.29 is 0 Å². The van der Waals surface area contributed by atoms with Gasteiger partial charge in [0.25, 0.3) is 0 Å². The van der Waals surface area contributed by atoms with Crippen molar-refractivity contribution in [1.82, 2.24) is 0 Å². The van der Waals surface area contributed by atoms with Crippen LogP contribution in [0.25, 0.3) is 0 Å². The lowest BCUT2D eigenvalue weighted by Crippen LogP contribution is -2.03. The van der Waals surface area contributed by atoms with Gasteiger partial charge in [-0.25, -0.2) is 0 Å². The minimum Gasteiger partial charge on any atom is -0.0991 e. The Labute approximate surface area is 158 Å². The first-order chi connectivity index (χ1) is 12.3. The van der Waals surface area contributed by atoms with E-state index in [2.05, 4.69) is 61.7 Å². The van der Waals surface area contributed by atoms with Crippen molar-refractivity contribution >= 4 is 0 Å². The van der Waals surface area contributed by atoms with Crippen LogP contribution in [0.3, 0.4) is 0 Å². The summed E-state index contributed by atoms with van der Waals surface area (Å²) in [5.41, 5.74) is 3.69. The lowest BCUT2D eigenvalue weighted by Gasteiger charge is -2.20. The molecule has 0 spiro atoms. The van der Waals surface area contributed by atoms with Crippen molar-refractivity contribution in [2.45, 2.75) is 61.3 Å². The predicted molar refractivity (Wildman–Crippen MR) is 120 cm³/mol. The second-order valence-corrected chi connectivity index (χ2v) is 4.24. The van der Waals surface area contributed by atoms with Gasteiger partial charge < -0.3 is 0 Å². The Morgan fingerprint density at radius 2 is 1.36 bits per heavy atom. The normalized spacial score (nSPS) is 11.7. The van der Waals surface area contributed by atoms with Gasteiger partial charge in [-0.1, -0.05) is 121 Å². The fourth-order valence-electron chi connectivity index (χ4n) is 2.20. The maximum atomic E-state index is 3.94. The molecular formula is C25H40. The van der Waals surface area contributed by atoms with Gasteiger partial charge in [0.05, 0.1) is 0 Å². The zero-order valence-electron chi connectivity index (χ0n) is 17.8. The van der Waals surface area contributed by atoms with Crippen LogP contribution in [0, 0.1) is 0 Å². The largest absolute Gasteiger partial charge is 0.0991 e. The van der Waals surface area contributed by atoms with Crippen LogP contribution in [-0.2, 0) is 0 Å². The van der Waals surface area contributed by atoms with Crippen LogP contribution >= 0.6 is 0 Å². The fraction of sp³-hybridized carbons (Fsp3) is 0.360. The van der Waals surface area contributed by atoms with Crippen LogP contribution in [0.15, 0.2) is 91.1 Å². The van der Waals surface area contributed by atoms with Crippen molar-refractivity contribution in [2.24, 2.45) is 0 Å². The number of hydrogen-bond donors (Lipinski definition) is 0. The van der Waals surface area contributed by atoms with E-state index in [1.807, 2.05) is 73.6 Å². The van der Waals surface area contributed by atoms with Crippen LogP contribution in [0.4, 0.5) is 0 Å². The van der Waals surface area contributed by atoms with Crippen molar-refractivity contribution in [3.8, 4) is 0 Å². The molecule has 0 bridgehead atoms. The molecule has 1 aromatic carbocycles. The molecule has 1 unspecified atom stereocenters. The zero-order valence-corrected chi connectivity index (χ0v) is 17.8. The number of hydrogen-bond acceptors (Lipinski definition) is 0. The molecule has 0 aromatic heterocycles. The van der Waals surface area contributed by atoms with Crippen molar-refractivity contribution in [2.75, 3.05) is 0 Å². The van der Waals surface area contributed by atoms with Crippen LogP contribution in [0.1, 0.15) is 66.9 Å². The first kappa shape index (κ1) is 27.8. The van der Waals surface area contributed by atoms with Crippen LogP contribution in [-0.4, -0.2) is 0 Å². The summed E-state index contributed by atoms with van der Waals surface area (Å²) in [5.74, 6) is 0.206. The third-order valence-corrected chi connectivity index (χ3v) is 3.04. The predicted octanol–water partition coefficient (Wildman–Crippen LogP) is 8.67. The lowest BCUT2D eigenvalue weighted by atomic mass is 9.84. The molecule has 0 heterocycles. The molecule has 0 N–H and O–H groups in total. The molecule has 0 aliphatic rings. The standard InChI is InChI=1S/C19H22.3C2H6/c1-5-12-17(13-6-2)19(16(7-3)8-4)18-14-10-9-11-15-18;3*1-2/h5-15,19H,1,3H2,2,4H3;3*1-2H3/b13-6-,16-8+,17-12+;;;. The zero-order chi connectivity index (χ0) is 20.1. The second kappa shape index (κ2) is 21.9. The summed E-state index contributed by atoms with van der Waals surface area (Å²) in [7, 11) is 0. The van der Waals surface area contributed by atoms with Gasteiger partial charge in [-0.15, -0.1) is 0 Å². The fourth-order valence-corrected chi connectivity index (χ4v) is 2.20. The van der Waals surface area contributed by atoms with Crippen molar-refractivity contribution in [3.63, 3.8) is 0 Å². The smallest absolute Gasteiger partial charge is 0.0336 e. The Kier molecular flexibility index (Phi) is 24.3. The summed E-state index contributed by atoms with van der Waals surface area (Å²) in [4.78, 5) is 0. The number of rotatable bonds is 6. The molecule has 0 amide bonds. The van der Waals surface area contributed by atoms with Gasteiger partial charge in [-0.3, -0.25) is 0 Å². The highest BCUT2D eigenvalue weighted by Gasteiger charge is 2.16. The molecule has 1 atom stereocenters. The summed E-state index contributed by atoms with van der Waals surface area (Å²) in [6.07, 6.45) is 12.1. The molecule has 0 fully saturated rings. The average molecular weight is 341 g/mol. The first-order valence-electron chi connectivity index (χ1n) is 9.57. The highest BCUT2D eigenvalue weighted by Crippen LogP contribution is 2.33. The Morgan fingerprint density at radius 3 is 1.72 bits per heavy atom. The Morgan fingerprint density at radius 1 is 0.840 bits per heavy atom. The minimum absolute atomic E-state index is 0.206. The molecule has 0 nitrogen and oxygen atoms in total. The van der Waals surface area contributed by atoms with E-state index in [0.717, 1.165) is 0 Å². The molecule has 1 aromatic rings. The maximum absolute atomic E-state index is 3.94. The van der Waals surface area contributed by atoms with Crippen LogP contribution in [0.2, 0.25) is 0 Å². The van der Waals surface area contributed by atoms with E-state index in [1.165, 1.54) is 16.7 Å². The van der Waals surface area contributed by atoms with E-state index < -0.39 is 0 Å². The summed E-state index contributed by atoms with van der Waals surface area (Å²) in [5, 5.41) is 0. The summed E-state index contributed by atoms with van der Waals surface area (Å²) < 4.78 is 0. The first-order valence-corrected chi connectivity index (χ1v) is 9.57. The average Bonchev–Trinajstić information content (AvgIpc) is 2.71. The molecule has 0 radical (unpaired) electrons. The summed E-state index contributed by atoms with van der Waals surface area (Å²) in [6, 6.07) is 10.5. The van der Waals surface area contributed by atoms with E-state index in [0.29, 0.717) is 0 Å². The Bertz CT molecular complexity index is 498. The number of benzene rings is 1. The van der Waals surface area contributed by atoms with Gasteiger partial charge in [0.1, 0.15) is 0 Å². The summed E-state index contributed by atoms with van der Waals surface area (Å²) >= 11 is 0. The Balaban J connectivity index is -0.000000725. The Hall–Kier alpha value is -2.08. The van der Waals surface area contributed by atoms with Gasteiger partial charge in [-0.2, -0.15) is 0 Å². The molecule has 0 saturated heterocycles. The van der Waals surface area contributed by atoms with Crippen LogP contribution < -0.4 is 0 Å². The van der Waals surface area contributed by atoms with Gasteiger partial charge in [0.2, 0.25) is 0 Å². The molecule has 0 aliphatic carbocycles. The molecule has 25 heavy (non-hydrogen) atoms. The highest BCUT2D eigenvalue weighted by atomic mass is 14.2. The van der Waals surface area contributed by atoms with E-state index >= 15 is 0 Å². The maximum Gasteiger partial charge on any atom is 0.0336 e. The van der Waals surface area contributed by atoms with Gasteiger partial charge in [-0.05, 0) is 30.6 Å². The molecular weight excluding hydrogens is 300 g/mol. The molecule has 1 rings (SSSR count). The molecule has 0 heteroatoms. The monoisotopic (exact) mass is 340 g/mol. The quantitative estimate of drug-likeness (QED) is 0.454. The topological polar surface area (TPSA) is 0 Å². The molecule has 0 saturated carbocycles. The number of allylic oxidation sites excluding steroid dienone is 8. The lowest BCUT2D eigenvalue weighted by molar-refractivity contribution is 0.973. The van der Waals surface area contributed by atoms with Gasteiger partial charge in [0, 0.05) is 5.92 Å². The minimum atomic E-state index is 0.206. The van der Waals surface area contributed by atoms with E-state index in [4.69, 9.17) is 0 Å². The second-order valence-electron chi connectivity index (χ2n) is 4.24. The van der Waals surface area contributed by atoms with Crippen molar-refractivity contribution in [1.29, 1.82) is 0 Å². The molecule has 140 valence electrons. The van der Waals surface area contributed by atoms with E-state index in [-0.39, 0.29) is 5.92 Å². The van der Waals surface area contributed by atoms with Crippen LogP contribution in [0.5, 0.6) is 0 Å². The SMILES string of the molecule is C=C/C=C(\C=C/C)C(/C(C=C)=C/C)c1ccccc1.CC.CC.CC. The third-order valence-electron chi connectivity index (χ3n) is 3.04. The highest BCUT2D eigenvalue weighted by molar-refractivity contribution is 5.47. The van der Waals surface area contributed by atoms with Crippen molar-refractivity contribution in [3.05, 3.63) is 96.7 Å². The molecule has 0 aliphatic heterocycles. The van der Waals surface area contributed by atoms with Gasteiger partial charge >= 0.3 is 0 Å². The van der Waals surface area contributed by atoms with Gasteiger partial charge in [0.15, 0.2) is 0 Å². The van der Waals surface area contributed by atoms with E-state index in [9.17, 15) is 0 Å². The third kappa shape index (κ3) is 11.2.